The van der Waals surface area contributed by atoms with Crippen LogP contribution in [-0.4, -0.2) is 42.4 Å². The molecule has 5 heteroatoms. The molecule has 0 saturated heterocycles. The maximum Gasteiger partial charge on any atom is 0.240 e. The van der Waals surface area contributed by atoms with Gasteiger partial charge in [-0.3, -0.25) is 9.59 Å². The van der Waals surface area contributed by atoms with E-state index in [2.05, 4.69) is 5.32 Å². The number of amides is 2. The SMILES string of the molecule is CC(CN)CC(=O)N(C)CC(=O)NC(C)(C)C. The highest BCUT2D eigenvalue weighted by Crippen LogP contribution is 2.03. The molecule has 0 rings (SSSR count). The van der Waals surface area contributed by atoms with Crippen molar-refractivity contribution >= 4 is 11.8 Å². The van der Waals surface area contributed by atoms with E-state index < -0.39 is 0 Å². The van der Waals surface area contributed by atoms with Gasteiger partial charge in [-0.25, -0.2) is 0 Å². The molecule has 0 bridgehead atoms. The minimum absolute atomic E-state index is 0.0491. The summed E-state index contributed by atoms with van der Waals surface area (Å²) in [6, 6.07) is 0. The van der Waals surface area contributed by atoms with Crippen LogP contribution in [0.5, 0.6) is 0 Å². The van der Waals surface area contributed by atoms with Crippen molar-refractivity contribution in [3.63, 3.8) is 0 Å². The summed E-state index contributed by atoms with van der Waals surface area (Å²) in [5, 5.41) is 2.81. The Morgan fingerprint density at radius 2 is 1.88 bits per heavy atom. The van der Waals surface area contributed by atoms with Crippen molar-refractivity contribution in [3.05, 3.63) is 0 Å². The van der Waals surface area contributed by atoms with Crippen LogP contribution in [0, 0.1) is 5.92 Å². The highest BCUT2D eigenvalue weighted by Gasteiger charge is 2.18. The Balaban J connectivity index is 4.12. The topological polar surface area (TPSA) is 75.4 Å². The number of hydrogen-bond donors (Lipinski definition) is 2. The summed E-state index contributed by atoms with van der Waals surface area (Å²) in [5.74, 6) is -0.0450. The molecule has 1 atom stereocenters. The zero-order valence-electron chi connectivity index (χ0n) is 11.5. The largest absolute Gasteiger partial charge is 0.350 e. The zero-order chi connectivity index (χ0) is 13.6. The first-order chi connectivity index (χ1) is 7.65. The highest BCUT2D eigenvalue weighted by atomic mass is 16.2. The molecule has 5 nitrogen and oxygen atoms in total. The molecular formula is C12H25N3O2. The van der Waals surface area contributed by atoms with Gasteiger partial charge in [-0.15, -0.1) is 0 Å². The van der Waals surface area contributed by atoms with Gasteiger partial charge in [0.2, 0.25) is 11.8 Å². The number of hydrogen-bond acceptors (Lipinski definition) is 3. The molecule has 0 saturated carbocycles. The first-order valence-electron chi connectivity index (χ1n) is 5.90. The van der Waals surface area contributed by atoms with Crippen LogP contribution < -0.4 is 11.1 Å². The standard InChI is InChI=1S/C12H25N3O2/c1-9(7-13)6-11(17)15(5)8-10(16)14-12(2,3)4/h9H,6-8,13H2,1-5H3,(H,14,16). The Morgan fingerprint density at radius 3 is 2.29 bits per heavy atom. The summed E-state index contributed by atoms with van der Waals surface area (Å²) in [7, 11) is 1.63. The highest BCUT2D eigenvalue weighted by molar-refractivity contribution is 5.85. The number of nitrogens with zero attached hydrogens (tertiary/aromatic N) is 1. The van der Waals surface area contributed by atoms with E-state index in [-0.39, 0.29) is 29.8 Å². The van der Waals surface area contributed by atoms with Gasteiger partial charge in [0.25, 0.3) is 0 Å². The molecule has 2 amide bonds. The third-order valence-electron chi connectivity index (χ3n) is 2.25. The molecule has 0 fully saturated rings. The van der Waals surface area contributed by atoms with Gasteiger partial charge in [-0.05, 0) is 33.2 Å². The number of likely N-dealkylation sites (N-methyl/N-ethyl adjacent to an activating group) is 1. The van der Waals surface area contributed by atoms with Gasteiger partial charge >= 0.3 is 0 Å². The zero-order valence-corrected chi connectivity index (χ0v) is 11.5. The fourth-order valence-electron chi connectivity index (χ4n) is 1.30. The predicted molar refractivity (Wildman–Crippen MR) is 68.4 cm³/mol. The van der Waals surface area contributed by atoms with E-state index in [0.717, 1.165) is 0 Å². The summed E-state index contributed by atoms with van der Waals surface area (Å²) in [6.07, 6.45) is 0.385. The number of nitrogens with one attached hydrogen (secondary N) is 1. The molecule has 0 aliphatic rings. The Labute approximate surface area is 104 Å². The summed E-state index contributed by atoms with van der Waals surface area (Å²) < 4.78 is 0. The average Bonchev–Trinajstić information content (AvgIpc) is 2.14. The number of rotatable bonds is 5. The van der Waals surface area contributed by atoms with E-state index in [0.29, 0.717) is 13.0 Å². The monoisotopic (exact) mass is 243 g/mol. The molecule has 100 valence electrons. The molecule has 0 aliphatic carbocycles. The Morgan fingerprint density at radius 1 is 1.35 bits per heavy atom. The predicted octanol–water partition coefficient (Wildman–Crippen LogP) is 0.344. The lowest BCUT2D eigenvalue weighted by Crippen LogP contribution is -2.46. The van der Waals surface area contributed by atoms with Gasteiger partial charge in [-0.1, -0.05) is 6.92 Å². The molecule has 0 aromatic carbocycles. The van der Waals surface area contributed by atoms with E-state index in [1.54, 1.807) is 7.05 Å². The fraction of sp³-hybridized carbons (Fsp3) is 0.833. The number of carbonyl (C=O) groups excluding carboxylic acids is 2. The molecule has 0 spiro atoms. The van der Waals surface area contributed by atoms with Crippen LogP contribution in [0.1, 0.15) is 34.1 Å². The smallest absolute Gasteiger partial charge is 0.240 e. The molecule has 1 unspecified atom stereocenters. The minimum atomic E-state index is -0.272. The van der Waals surface area contributed by atoms with Crippen molar-refractivity contribution < 1.29 is 9.59 Å². The lowest BCUT2D eigenvalue weighted by molar-refractivity contribution is -0.135. The molecule has 17 heavy (non-hydrogen) atoms. The van der Waals surface area contributed by atoms with Gasteiger partial charge in [0.05, 0.1) is 6.54 Å². The maximum atomic E-state index is 11.7. The van der Waals surface area contributed by atoms with E-state index >= 15 is 0 Å². The first kappa shape index (κ1) is 15.9. The molecule has 0 aromatic rings. The second-order valence-electron chi connectivity index (χ2n) is 5.59. The lowest BCUT2D eigenvalue weighted by Gasteiger charge is -2.24. The first-order valence-corrected chi connectivity index (χ1v) is 5.90. The van der Waals surface area contributed by atoms with Crippen molar-refractivity contribution in [3.8, 4) is 0 Å². The number of carbonyl (C=O) groups is 2. The quantitative estimate of drug-likeness (QED) is 0.731. The van der Waals surface area contributed by atoms with Crippen LogP contribution in [0.4, 0.5) is 0 Å². The Kier molecular flexibility index (Phi) is 6.16. The van der Waals surface area contributed by atoms with E-state index in [1.807, 2.05) is 27.7 Å². The molecule has 0 radical (unpaired) electrons. The second-order valence-corrected chi connectivity index (χ2v) is 5.59. The summed E-state index contributed by atoms with van der Waals surface area (Å²) in [4.78, 5) is 24.7. The lowest BCUT2D eigenvalue weighted by atomic mass is 10.1. The normalized spacial score (nSPS) is 13.1. The van der Waals surface area contributed by atoms with Crippen LogP contribution in [-0.2, 0) is 9.59 Å². The van der Waals surface area contributed by atoms with Crippen molar-refractivity contribution in [2.75, 3.05) is 20.1 Å². The van der Waals surface area contributed by atoms with Crippen molar-refractivity contribution in [1.82, 2.24) is 10.2 Å². The van der Waals surface area contributed by atoms with Crippen LogP contribution >= 0.6 is 0 Å². The number of nitrogens with two attached hydrogens (primary N) is 1. The average molecular weight is 243 g/mol. The Hall–Kier alpha value is -1.10. The van der Waals surface area contributed by atoms with Gasteiger partial charge < -0.3 is 16.0 Å². The molecule has 3 N–H and O–H groups in total. The van der Waals surface area contributed by atoms with Crippen LogP contribution in [0.2, 0.25) is 0 Å². The maximum absolute atomic E-state index is 11.7. The van der Waals surface area contributed by atoms with Gasteiger partial charge in [-0.2, -0.15) is 0 Å². The summed E-state index contributed by atoms with van der Waals surface area (Å²) in [5.41, 5.74) is 5.18. The van der Waals surface area contributed by atoms with Gasteiger partial charge in [0.1, 0.15) is 0 Å². The van der Waals surface area contributed by atoms with Crippen LogP contribution in [0.25, 0.3) is 0 Å². The van der Waals surface area contributed by atoms with Crippen LogP contribution in [0.3, 0.4) is 0 Å². The molecule has 0 aliphatic heterocycles. The third kappa shape index (κ3) is 7.74. The van der Waals surface area contributed by atoms with Crippen molar-refractivity contribution in [2.24, 2.45) is 11.7 Å². The second kappa shape index (κ2) is 6.59. The summed E-state index contributed by atoms with van der Waals surface area (Å²) >= 11 is 0. The van der Waals surface area contributed by atoms with Gasteiger partial charge in [0.15, 0.2) is 0 Å². The molecule has 0 heterocycles. The molecule has 0 aromatic heterocycles. The van der Waals surface area contributed by atoms with E-state index in [4.69, 9.17) is 5.73 Å². The van der Waals surface area contributed by atoms with E-state index in [9.17, 15) is 9.59 Å². The minimum Gasteiger partial charge on any atom is -0.350 e. The van der Waals surface area contributed by atoms with Gasteiger partial charge in [0, 0.05) is 19.0 Å². The van der Waals surface area contributed by atoms with Crippen molar-refractivity contribution in [1.29, 1.82) is 0 Å². The van der Waals surface area contributed by atoms with E-state index in [1.165, 1.54) is 4.90 Å². The third-order valence-corrected chi connectivity index (χ3v) is 2.25. The van der Waals surface area contributed by atoms with Crippen molar-refractivity contribution in [2.45, 2.75) is 39.7 Å². The van der Waals surface area contributed by atoms with Crippen LogP contribution in [0.15, 0.2) is 0 Å². The fourth-order valence-corrected chi connectivity index (χ4v) is 1.30. The summed E-state index contributed by atoms with van der Waals surface area (Å²) in [6.45, 7) is 8.21. The Bertz CT molecular complexity index is 271. The molecular weight excluding hydrogens is 218 g/mol.